The summed E-state index contributed by atoms with van der Waals surface area (Å²) in [6.07, 6.45) is -0.944. The molecule has 0 aromatic heterocycles. The summed E-state index contributed by atoms with van der Waals surface area (Å²) in [6, 6.07) is 3.52. The third kappa shape index (κ3) is 2.45. The predicted octanol–water partition coefficient (Wildman–Crippen LogP) is 1.85. The van der Waals surface area contributed by atoms with Gasteiger partial charge in [-0.15, -0.1) is 0 Å². The molecule has 5 heteroatoms. The van der Waals surface area contributed by atoms with E-state index >= 15 is 0 Å². The summed E-state index contributed by atoms with van der Waals surface area (Å²) >= 11 is 0. The Hall–Kier alpha value is -1.75. The highest BCUT2D eigenvalue weighted by atomic mass is 16.5. The molecule has 110 valence electrons. The van der Waals surface area contributed by atoms with Crippen LogP contribution in [-0.4, -0.2) is 31.9 Å². The molecule has 1 saturated heterocycles. The lowest BCUT2D eigenvalue weighted by Gasteiger charge is -2.23. The zero-order valence-corrected chi connectivity index (χ0v) is 12.2. The second-order valence-corrected chi connectivity index (χ2v) is 5.14. The van der Waals surface area contributed by atoms with E-state index in [0.29, 0.717) is 23.7 Å². The number of carbonyl (C=O) groups excluding carboxylic acids is 1. The summed E-state index contributed by atoms with van der Waals surface area (Å²) in [6.45, 7) is 4.09. The van der Waals surface area contributed by atoms with Crippen LogP contribution in [0.15, 0.2) is 12.1 Å². The van der Waals surface area contributed by atoms with Gasteiger partial charge in [-0.1, -0.05) is 6.92 Å². The van der Waals surface area contributed by atoms with Gasteiger partial charge in [0, 0.05) is 17.5 Å². The van der Waals surface area contributed by atoms with Crippen LogP contribution >= 0.6 is 0 Å². The van der Waals surface area contributed by atoms with Crippen LogP contribution in [0.2, 0.25) is 0 Å². The van der Waals surface area contributed by atoms with E-state index in [2.05, 4.69) is 0 Å². The van der Waals surface area contributed by atoms with Crippen molar-refractivity contribution in [1.82, 2.24) is 0 Å². The lowest BCUT2D eigenvalue weighted by molar-refractivity contribution is -0.144. The number of methoxy groups -OCH3 is 2. The molecule has 1 N–H and O–H groups in total. The number of aliphatic hydroxyl groups excluding tert-OH is 1. The molecule has 3 atom stereocenters. The van der Waals surface area contributed by atoms with Crippen molar-refractivity contribution in [3.63, 3.8) is 0 Å². The number of aliphatic hydroxyl groups is 1. The van der Waals surface area contributed by atoms with Crippen LogP contribution in [-0.2, 0) is 9.53 Å². The number of hydrogen-bond acceptors (Lipinski definition) is 5. The summed E-state index contributed by atoms with van der Waals surface area (Å²) in [4.78, 5) is 11.8. The Labute approximate surface area is 118 Å². The Morgan fingerprint density at radius 2 is 2.05 bits per heavy atom. The molecule has 1 fully saturated rings. The minimum Gasteiger partial charge on any atom is -0.497 e. The highest BCUT2D eigenvalue weighted by molar-refractivity contribution is 5.76. The third-order valence-electron chi connectivity index (χ3n) is 3.79. The fourth-order valence-corrected chi connectivity index (χ4v) is 2.67. The van der Waals surface area contributed by atoms with Gasteiger partial charge < -0.3 is 19.3 Å². The van der Waals surface area contributed by atoms with Crippen LogP contribution in [0.3, 0.4) is 0 Å². The van der Waals surface area contributed by atoms with Crippen molar-refractivity contribution < 1.29 is 24.1 Å². The fourth-order valence-electron chi connectivity index (χ4n) is 2.67. The van der Waals surface area contributed by atoms with Gasteiger partial charge in [0.05, 0.1) is 32.8 Å². The fraction of sp³-hybridized carbons (Fsp3) is 0.533. The van der Waals surface area contributed by atoms with Crippen LogP contribution < -0.4 is 9.47 Å². The minimum absolute atomic E-state index is 0.0243. The van der Waals surface area contributed by atoms with E-state index in [9.17, 15) is 9.90 Å². The van der Waals surface area contributed by atoms with Gasteiger partial charge in [-0.3, -0.25) is 4.79 Å². The molecule has 0 spiro atoms. The number of rotatable bonds is 4. The predicted molar refractivity (Wildman–Crippen MR) is 72.9 cm³/mol. The summed E-state index contributed by atoms with van der Waals surface area (Å²) in [5.41, 5.74) is 1.43. The van der Waals surface area contributed by atoms with Crippen molar-refractivity contribution in [3.05, 3.63) is 23.3 Å². The van der Waals surface area contributed by atoms with Gasteiger partial charge in [-0.2, -0.15) is 0 Å². The molecule has 0 radical (unpaired) electrons. The van der Waals surface area contributed by atoms with Gasteiger partial charge in [0.2, 0.25) is 0 Å². The number of benzene rings is 1. The largest absolute Gasteiger partial charge is 0.497 e. The number of ether oxygens (including phenoxy) is 3. The van der Waals surface area contributed by atoms with Crippen molar-refractivity contribution >= 4 is 5.97 Å². The molecule has 1 aliphatic rings. The van der Waals surface area contributed by atoms with Crippen molar-refractivity contribution in [2.24, 2.45) is 11.8 Å². The number of carbonyl (C=O) groups is 1. The summed E-state index contributed by atoms with van der Waals surface area (Å²) in [5, 5.41) is 10.6. The van der Waals surface area contributed by atoms with Gasteiger partial charge in [-0.05, 0) is 18.6 Å². The first-order valence-electron chi connectivity index (χ1n) is 6.56. The van der Waals surface area contributed by atoms with E-state index in [1.165, 1.54) is 7.11 Å². The van der Waals surface area contributed by atoms with Crippen LogP contribution in [0.5, 0.6) is 11.5 Å². The average Bonchev–Trinajstić information content (AvgIpc) is 2.76. The van der Waals surface area contributed by atoms with E-state index in [-0.39, 0.29) is 11.9 Å². The zero-order valence-electron chi connectivity index (χ0n) is 12.2. The Morgan fingerprint density at radius 1 is 1.35 bits per heavy atom. The molecule has 20 heavy (non-hydrogen) atoms. The Morgan fingerprint density at radius 3 is 2.55 bits per heavy atom. The number of hydrogen-bond donors (Lipinski definition) is 1. The maximum absolute atomic E-state index is 11.8. The van der Waals surface area contributed by atoms with E-state index in [1.807, 2.05) is 19.9 Å². The molecule has 2 rings (SSSR count). The molecule has 1 aliphatic heterocycles. The summed E-state index contributed by atoms with van der Waals surface area (Å²) in [7, 11) is 3.10. The van der Waals surface area contributed by atoms with Gasteiger partial charge in [0.1, 0.15) is 11.5 Å². The van der Waals surface area contributed by atoms with E-state index in [4.69, 9.17) is 14.2 Å². The third-order valence-corrected chi connectivity index (χ3v) is 3.79. The average molecular weight is 280 g/mol. The molecule has 0 aliphatic carbocycles. The van der Waals surface area contributed by atoms with E-state index < -0.39 is 12.0 Å². The highest BCUT2D eigenvalue weighted by Gasteiger charge is 2.41. The minimum atomic E-state index is -0.944. The SMILES string of the molecule is COc1cc(C)c([C@@H](O)[C@@H]2C(=O)OC[C@H]2C)c(OC)c1. The van der Waals surface area contributed by atoms with Crippen molar-refractivity contribution in [1.29, 1.82) is 0 Å². The molecular weight excluding hydrogens is 260 g/mol. The number of aryl methyl sites for hydroxylation is 1. The van der Waals surface area contributed by atoms with Crippen LogP contribution in [0.25, 0.3) is 0 Å². The Bertz CT molecular complexity index is 511. The lowest BCUT2D eigenvalue weighted by Crippen LogP contribution is -2.23. The number of cyclic esters (lactones) is 1. The first kappa shape index (κ1) is 14.7. The maximum Gasteiger partial charge on any atom is 0.312 e. The van der Waals surface area contributed by atoms with Crippen LogP contribution in [0, 0.1) is 18.8 Å². The Balaban J connectivity index is 2.43. The quantitative estimate of drug-likeness (QED) is 0.853. The molecule has 5 nitrogen and oxygen atoms in total. The smallest absolute Gasteiger partial charge is 0.312 e. The zero-order chi connectivity index (χ0) is 14.9. The van der Waals surface area contributed by atoms with Crippen molar-refractivity contribution in [3.8, 4) is 11.5 Å². The molecule has 0 saturated carbocycles. The monoisotopic (exact) mass is 280 g/mol. The van der Waals surface area contributed by atoms with Gasteiger partial charge in [0.15, 0.2) is 0 Å². The van der Waals surface area contributed by atoms with Gasteiger partial charge >= 0.3 is 5.97 Å². The van der Waals surface area contributed by atoms with E-state index in [0.717, 1.165) is 5.56 Å². The van der Waals surface area contributed by atoms with Crippen molar-refractivity contribution in [2.75, 3.05) is 20.8 Å². The molecule has 0 unspecified atom stereocenters. The molecule has 0 bridgehead atoms. The van der Waals surface area contributed by atoms with Gasteiger partial charge in [-0.25, -0.2) is 0 Å². The number of esters is 1. The second-order valence-electron chi connectivity index (χ2n) is 5.14. The molecule has 1 aromatic rings. The topological polar surface area (TPSA) is 65.0 Å². The van der Waals surface area contributed by atoms with Crippen molar-refractivity contribution in [2.45, 2.75) is 20.0 Å². The lowest BCUT2D eigenvalue weighted by atomic mass is 9.85. The second kappa shape index (κ2) is 5.71. The first-order chi connectivity index (χ1) is 9.49. The van der Waals surface area contributed by atoms with Crippen LogP contribution in [0.1, 0.15) is 24.2 Å². The normalized spacial score (nSPS) is 23.4. The first-order valence-corrected chi connectivity index (χ1v) is 6.56. The molecule has 1 aromatic carbocycles. The van der Waals surface area contributed by atoms with E-state index in [1.54, 1.807) is 13.2 Å². The van der Waals surface area contributed by atoms with Gasteiger partial charge in [0.25, 0.3) is 0 Å². The standard InChI is InChI=1S/C15H20O5/c1-8-5-10(18-3)6-11(19-4)12(8)14(16)13-9(2)7-20-15(13)17/h5-6,9,13-14,16H,7H2,1-4H3/t9-,13-,14-/m1/s1. The molecule has 0 amide bonds. The molecular formula is C15H20O5. The highest BCUT2D eigenvalue weighted by Crippen LogP contribution is 2.40. The molecule has 1 heterocycles. The maximum atomic E-state index is 11.8. The summed E-state index contributed by atoms with van der Waals surface area (Å²) < 4.78 is 15.5. The van der Waals surface area contributed by atoms with Crippen LogP contribution in [0.4, 0.5) is 0 Å². The Kier molecular flexibility index (Phi) is 4.18. The summed E-state index contributed by atoms with van der Waals surface area (Å²) in [5.74, 6) is 0.223.